The van der Waals surface area contributed by atoms with Gasteiger partial charge in [-0.25, -0.2) is 4.79 Å². The van der Waals surface area contributed by atoms with Gasteiger partial charge >= 0.3 is 12.1 Å². The Balaban J connectivity index is 1.51. The number of nitrogens with zero attached hydrogens (tertiary/aromatic N) is 4. The number of halogens is 1. The normalized spacial score (nSPS) is 11.5. The summed E-state index contributed by atoms with van der Waals surface area (Å²) < 4.78 is 18.4. The Bertz CT molecular complexity index is 1280. The maximum absolute atomic E-state index is 12.5. The minimum Gasteiger partial charge on any atom is -0.497 e. The van der Waals surface area contributed by atoms with Crippen molar-refractivity contribution in [2.75, 3.05) is 12.4 Å². The molecule has 2 heterocycles. The molecule has 9 nitrogen and oxygen atoms in total. The van der Waals surface area contributed by atoms with E-state index in [1.807, 2.05) is 57.2 Å². The van der Waals surface area contributed by atoms with Crippen LogP contribution in [-0.4, -0.2) is 38.8 Å². The molecule has 32 heavy (non-hydrogen) atoms. The van der Waals surface area contributed by atoms with Crippen molar-refractivity contribution in [1.82, 2.24) is 20.0 Å². The van der Waals surface area contributed by atoms with Crippen molar-refractivity contribution in [2.24, 2.45) is 0 Å². The van der Waals surface area contributed by atoms with E-state index in [1.165, 1.54) is 4.68 Å². The van der Waals surface area contributed by atoms with Crippen LogP contribution in [0.3, 0.4) is 0 Å². The predicted molar refractivity (Wildman–Crippen MR) is 127 cm³/mol. The molecule has 2 aromatic heterocycles. The van der Waals surface area contributed by atoms with Gasteiger partial charge in [0.15, 0.2) is 0 Å². The smallest absolute Gasteiger partial charge is 0.435 e. The summed E-state index contributed by atoms with van der Waals surface area (Å²) in [6.07, 6.45) is -0.0314. The molecule has 0 bridgehead atoms. The third-order valence-corrected chi connectivity index (χ3v) is 5.21. The van der Waals surface area contributed by atoms with Crippen LogP contribution in [0.5, 0.6) is 5.75 Å². The van der Waals surface area contributed by atoms with Crippen molar-refractivity contribution in [3.63, 3.8) is 0 Å². The van der Waals surface area contributed by atoms with Gasteiger partial charge in [-0.15, -0.1) is 5.10 Å². The molecule has 0 radical (unpaired) electrons. The van der Waals surface area contributed by atoms with E-state index in [-0.39, 0.29) is 6.01 Å². The lowest BCUT2D eigenvalue weighted by molar-refractivity contribution is 0.0522. The first-order chi connectivity index (χ1) is 15.2. The molecule has 0 spiro atoms. The summed E-state index contributed by atoms with van der Waals surface area (Å²) in [5, 5.41) is 16.4. The average molecular weight is 547 g/mol. The summed E-state index contributed by atoms with van der Waals surface area (Å²) in [5.74, 6) is 1.25. The summed E-state index contributed by atoms with van der Waals surface area (Å²) in [7, 11) is 1.63. The van der Waals surface area contributed by atoms with Gasteiger partial charge in [-0.2, -0.15) is 9.78 Å². The highest BCUT2D eigenvalue weighted by Gasteiger charge is 2.22. The fraction of sp³-hybridized carbons (Fsp3) is 0.273. The van der Waals surface area contributed by atoms with E-state index in [0.29, 0.717) is 21.5 Å². The van der Waals surface area contributed by atoms with Gasteiger partial charge in [0.25, 0.3) is 0 Å². The second-order valence-corrected chi connectivity index (χ2v) is 9.09. The van der Waals surface area contributed by atoms with Crippen LogP contribution in [0.2, 0.25) is 0 Å². The van der Waals surface area contributed by atoms with E-state index in [2.05, 4.69) is 43.2 Å². The van der Waals surface area contributed by atoms with Gasteiger partial charge in [0, 0.05) is 11.1 Å². The number of fused-ring (bicyclic) bond motifs is 1. The van der Waals surface area contributed by atoms with E-state index in [9.17, 15) is 4.79 Å². The van der Waals surface area contributed by atoms with Crippen molar-refractivity contribution in [1.29, 1.82) is 0 Å². The molecule has 0 saturated carbocycles. The highest BCUT2D eigenvalue weighted by atomic mass is 127. The lowest BCUT2D eigenvalue weighted by Crippen LogP contribution is -2.27. The zero-order valence-electron chi connectivity index (χ0n) is 18.0. The Morgan fingerprint density at radius 1 is 1.19 bits per heavy atom. The Morgan fingerprint density at radius 2 is 2.00 bits per heavy atom. The number of carbonyl (C=O) groups is 1. The average Bonchev–Trinajstić information content (AvgIpc) is 3.31. The fourth-order valence-corrected chi connectivity index (χ4v) is 3.71. The topological polar surface area (TPSA) is 104 Å². The summed E-state index contributed by atoms with van der Waals surface area (Å²) >= 11 is 2.09. The van der Waals surface area contributed by atoms with Crippen molar-refractivity contribution < 1.29 is 18.7 Å². The third kappa shape index (κ3) is 5.01. The highest BCUT2D eigenvalue weighted by molar-refractivity contribution is 14.1. The van der Waals surface area contributed by atoms with E-state index in [1.54, 1.807) is 13.2 Å². The van der Waals surface area contributed by atoms with E-state index >= 15 is 0 Å². The molecular formula is C22H22IN5O4. The zero-order chi connectivity index (χ0) is 22.9. The third-order valence-electron chi connectivity index (χ3n) is 4.41. The number of hydrogen-bond donors (Lipinski definition) is 1. The maximum atomic E-state index is 12.5. The molecule has 0 fully saturated rings. The number of hydrogen-bond acceptors (Lipinski definition) is 8. The van der Waals surface area contributed by atoms with Gasteiger partial charge in [-0.3, -0.25) is 0 Å². The molecule has 0 atom stereocenters. The quantitative estimate of drug-likeness (QED) is 0.342. The predicted octanol–water partition coefficient (Wildman–Crippen LogP) is 5.15. The van der Waals surface area contributed by atoms with Crippen LogP contribution < -0.4 is 10.1 Å². The number of ether oxygens (including phenoxy) is 2. The van der Waals surface area contributed by atoms with Gasteiger partial charge < -0.3 is 19.2 Å². The minimum absolute atomic E-state index is 0.275. The van der Waals surface area contributed by atoms with E-state index in [0.717, 1.165) is 22.4 Å². The molecule has 0 unspecified atom stereocenters. The minimum atomic E-state index is -0.608. The van der Waals surface area contributed by atoms with E-state index in [4.69, 9.17) is 13.9 Å². The first kappa shape index (κ1) is 22.1. The molecule has 10 heteroatoms. The Morgan fingerprint density at radius 3 is 2.75 bits per heavy atom. The molecule has 0 saturated heterocycles. The largest absolute Gasteiger partial charge is 0.497 e. The molecule has 166 valence electrons. The zero-order valence-corrected chi connectivity index (χ0v) is 20.2. The first-order valence-corrected chi connectivity index (χ1v) is 10.9. The molecule has 2 aromatic carbocycles. The van der Waals surface area contributed by atoms with Crippen LogP contribution in [0.1, 0.15) is 32.2 Å². The molecule has 4 rings (SSSR count). The van der Waals surface area contributed by atoms with Crippen molar-refractivity contribution in [3.05, 3.63) is 57.6 Å². The standard InChI is InChI=1S/C22H22IN5O4/c1-22(2,3)32-21(29)28-17-9-8-14(12-16(17)19(23)27-28)24-20-26-25-18(31-20)11-13-6-5-7-15(10-13)30-4/h5-10,12H,11H2,1-4H3,(H,24,26). The first-order valence-electron chi connectivity index (χ1n) is 9.86. The molecule has 0 amide bonds. The monoisotopic (exact) mass is 547 g/mol. The van der Waals surface area contributed by atoms with Crippen LogP contribution in [-0.2, 0) is 11.2 Å². The summed E-state index contributed by atoms with van der Waals surface area (Å²) in [5.41, 5.74) is 1.78. The summed E-state index contributed by atoms with van der Waals surface area (Å²) in [4.78, 5) is 12.5. The van der Waals surface area contributed by atoms with Gasteiger partial charge in [-0.1, -0.05) is 17.2 Å². The number of methoxy groups -OCH3 is 1. The number of anilines is 2. The fourth-order valence-electron chi connectivity index (χ4n) is 3.06. The number of benzene rings is 2. The van der Waals surface area contributed by atoms with Gasteiger partial charge in [0.05, 0.1) is 19.0 Å². The lowest BCUT2D eigenvalue weighted by atomic mass is 10.1. The highest BCUT2D eigenvalue weighted by Crippen LogP contribution is 2.27. The van der Waals surface area contributed by atoms with Gasteiger partial charge in [0.1, 0.15) is 15.1 Å². The summed E-state index contributed by atoms with van der Waals surface area (Å²) in [6, 6.07) is 13.4. The van der Waals surface area contributed by atoms with Crippen molar-refractivity contribution in [3.8, 4) is 5.75 Å². The van der Waals surface area contributed by atoms with Gasteiger partial charge in [0.2, 0.25) is 5.89 Å². The lowest BCUT2D eigenvalue weighted by Gasteiger charge is -2.19. The van der Waals surface area contributed by atoms with Crippen LogP contribution in [0, 0.1) is 3.70 Å². The number of carbonyl (C=O) groups excluding carboxylic acids is 1. The molecule has 0 aliphatic carbocycles. The van der Waals surface area contributed by atoms with Gasteiger partial charge in [-0.05, 0) is 79.3 Å². The number of nitrogens with one attached hydrogen (secondary N) is 1. The second kappa shape index (κ2) is 8.77. The Hall–Kier alpha value is -3.15. The molecule has 4 aromatic rings. The molecule has 0 aliphatic heterocycles. The number of rotatable bonds is 5. The van der Waals surface area contributed by atoms with Crippen LogP contribution >= 0.6 is 22.6 Å². The maximum Gasteiger partial charge on any atom is 0.435 e. The van der Waals surface area contributed by atoms with Crippen LogP contribution in [0.25, 0.3) is 10.9 Å². The number of aromatic nitrogens is 4. The van der Waals surface area contributed by atoms with Crippen molar-refractivity contribution >= 4 is 51.3 Å². The molecular weight excluding hydrogens is 525 g/mol. The van der Waals surface area contributed by atoms with Crippen LogP contribution in [0.15, 0.2) is 46.9 Å². The Kier molecular flexibility index (Phi) is 6.04. The molecule has 0 aliphatic rings. The summed E-state index contributed by atoms with van der Waals surface area (Å²) in [6.45, 7) is 5.45. The Labute approximate surface area is 198 Å². The van der Waals surface area contributed by atoms with Crippen LogP contribution in [0.4, 0.5) is 16.5 Å². The second-order valence-electron chi connectivity index (χ2n) is 8.07. The molecule has 1 N–H and O–H groups in total. The van der Waals surface area contributed by atoms with E-state index < -0.39 is 11.7 Å². The SMILES string of the molecule is COc1cccc(Cc2nnc(Nc3ccc4c(c3)c(I)nn4C(=O)OC(C)(C)C)o2)c1. The van der Waals surface area contributed by atoms with Crippen molar-refractivity contribution in [2.45, 2.75) is 32.8 Å².